The number of likely N-dealkylation sites (N-methyl/N-ethyl adjacent to an activating group) is 1. The van der Waals surface area contributed by atoms with Gasteiger partial charge in [0, 0.05) is 45.3 Å². The minimum absolute atomic E-state index is 0.267. The third kappa shape index (κ3) is 3.46. The second-order valence-electron chi connectivity index (χ2n) is 4.76. The zero-order chi connectivity index (χ0) is 12.1. The van der Waals surface area contributed by atoms with E-state index in [1.54, 1.807) is 7.11 Å². The fraction of sp³-hybridized carbons (Fsp3) is 0.917. The minimum Gasteiger partial charge on any atom is -0.385 e. The highest BCUT2D eigenvalue weighted by atomic mass is 16.5. The summed E-state index contributed by atoms with van der Waals surface area (Å²) in [4.78, 5) is 16.2. The summed E-state index contributed by atoms with van der Waals surface area (Å²) in [6.07, 6.45) is 1.43. The summed E-state index contributed by atoms with van der Waals surface area (Å²) >= 11 is 0. The molecule has 0 aromatic heterocycles. The van der Waals surface area contributed by atoms with Crippen LogP contribution in [0.4, 0.5) is 0 Å². The van der Waals surface area contributed by atoms with E-state index in [1.165, 1.54) is 0 Å². The number of rotatable bonds is 4. The van der Waals surface area contributed by atoms with Gasteiger partial charge < -0.3 is 9.64 Å². The molecule has 0 N–H and O–H groups in total. The Morgan fingerprint density at radius 1 is 1.31 bits per heavy atom. The molecular formula is C12H24N2O2. The summed E-state index contributed by atoms with van der Waals surface area (Å²) in [5, 5.41) is 0. The normalized spacial score (nSPS) is 27.1. The quantitative estimate of drug-likeness (QED) is 0.672. The van der Waals surface area contributed by atoms with Crippen molar-refractivity contribution in [3.8, 4) is 0 Å². The smallest absolute Gasteiger partial charge is 0.222 e. The van der Waals surface area contributed by atoms with Gasteiger partial charge in [-0.05, 0) is 27.3 Å². The second-order valence-corrected chi connectivity index (χ2v) is 4.76. The highest BCUT2D eigenvalue weighted by molar-refractivity contribution is 5.76. The molecule has 0 aromatic rings. The molecule has 0 bridgehead atoms. The molecule has 1 rings (SSSR count). The molecule has 4 nitrogen and oxygen atoms in total. The van der Waals surface area contributed by atoms with Crippen molar-refractivity contribution < 1.29 is 9.53 Å². The zero-order valence-electron chi connectivity index (χ0n) is 10.9. The summed E-state index contributed by atoms with van der Waals surface area (Å²) < 4.78 is 4.96. The fourth-order valence-corrected chi connectivity index (χ4v) is 2.13. The van der Waals surface area contributed by atoms with E-state index in [0.717, 1.165) is 19.5 Å². The van der Waals surface area contributed by atoms with Crippen LogP contribution in [0.15, 0.2) is 0 Å². The maximum atomic E-state index is 11.9. The Morgan fingerprint density at radius 2 is 1.88 bits per heavy atom. The minimum atomic E-state index is 0.267. The zero-order valence-corrected chi connectivity index (χ0v) is 10.9. The molecule has 16 heavy (non-hydrogen) atoms. The largest absolute Gasteiger partial charge is 0.385 e. The predicted octanol–water partition coefficient (Wildman–Crippen LogP) is 0.964. The van der Waals surface area contributed by atoms with Crippen LogP contribution in [-0.4, -0.2) is 61.6 Å². The highest BCUT2D eigenvalue weighted by Gasteiger charge is 2.28. The molecule has 0 spiro atoms. The Hall–Kier alpha value is -0.610. The molecule has 0 aromatic carbocycles. The van der Waals surface area contributed by atoms with Gasteiger partial charge in [-0.25, -0.2) is 0 Å². The Labute approximate surface area is 98.5 Å². The Bertz CT molecular complexity index is 221. The van der Waals surface area contributed by atoms with Crippen LogP contribution in [0.2, 0.25) is 0 Å². The van der Waals surface area contributed by atoms with Gasteiger partial charge in [0.25, 0.3) is 0 Å². The second kappa shape index (κ2) is 6.21. The third-order valence-electron chi connectivity index (χ3n) is 3.45. The number of carbonyl (C=O) groups excluding carboxylic acids is 1. The van der Waals surface area contributed by atoms with Crippen LogP contribution < -0.4 is 0 Å². The van der Waals surface area contributed by atoms with Crippen LogP contribution in [0, 0.1) is 0 Å². The number of ether oxygens (including phenoxy) is 1. The van der Waals surface area contributed by atoms with Gasteiger partial charge in [0.15, 0.2) is 0 Å². The van der Waals surface area contributed by atoms with Crippen LogP contribution in [-0.2, 0) is 9.53 Å². The Balaban J connectivity index is 2.39. The number of amides is 1. The van der Waals surface area contributed by atoms with Crippen LogP contribution in [0.1, 0.15) is 26.7 Å². The number of carbonyl (C=O) groups is 1. The van der Waals surface area contributed by atoms with Gasteiger partial charge >= 0.3 is 0 Å². The van der Waals surface area contributed by atoms with Crippen molar-refractivity contribution in [3.05, 3.63) is 0 Å². The van der Waals surface area contributed by atoms with Gasteiger partial charge in [0.05, 0.1) is 0 Å². The van der Waals surface area contributed by atoms with Crippen LogP contribution in [0.3, 0.4) is 0 Å². The molecule has 0 saturated carbocycles. The van der Waals surface area contributed by atoms with Gasteiger partial charge in [-0.3, -0.25) is 9.69 Å². The molecule has 0 aliphatic carbocycles. The molecule has 1 aliphatic heterocycles. The lowest BCUT2D eigenvalue weighted by molar-refractivity contribution is -0.135. The summed E-state index contributed by atoms with van der Waals surface area (Å²) in [5.74, 6) is 0.267. The molecule has 1 saturated heterocycles. The third-order valence-corrected chi connectivity index (χ3v) is 3.45. The Morgan fingerprint density at radius 3 is 2.38 bits per heavy atom. The standard InChI is InChI=1S/C12H24N2O2/c1-10-8-14(9-11(2)13(10)3)12(15)6-5-7-16-4/h10-11H,5-9H2,1-4H3/t10-,11-/m0/s1. The van der Waals surface area contributed by atoms with Crippen molar-refractivity contribution >= 4 is 5.91 Å². The average molecular weight is 228 g/mol. The van der Waals surface area contributed by atoms with E-state index in [4.69, 9.17) is 4.74 Å². The van der Waals surface area contributed by atoms with Crippen molar-refractivity contribution in [1.82, 2.24) is 9.80 Å². The van der Waals surface area contributed by atoms with E-state index >= 15 is 0 Å². The molecule has 1 heterocycles. The van der Waals surface area contributed by atoms with E-state index in [2.05, 4.69) is 25.8 Å². The highest BCUT2D eigenvalue weighted by Crippen LogP contribution is 2.14. The molecule has 1 aliphatic rings. The number of hydrogen-bond donors (Lipinski definition) is 0. The van der Waals surface area contributed by atoms with Crippen molar-refractivity contribution in [2.45, 2.75) is 38.8 Å². The number of nitrogens with zero attached hydrogens (tertiary/aromatic N) is 2. The molecule has 1 amide bonds. The lowest BCUT2D eigenvalue weighted by Gasteiger charge is -2.42. The topological polar surface area (TPSA) is 32.8 Å². The summed E-state index contributed by atoms with van der Waals surface area (Å²) in [5.41, 5.74) is 0. The number of piperazine rings is 1. The van der Waals surface area contributed by atoms with E-state index in [0.29, 0.717) is 25.1 Å². The number of methoxy groups -OCH3 is 1. The molecule has 94 valence electrons. The molecule has 0 unspecified atom stereocenters. The average Bonchev–Trinajstić information content (AvgIpc) is 2.25. The first kappa shape index (κ1) is 13.5. The molecule has 4 heteroatoms. The van der Waals surface area contributed by atoms with Gasteiger partial charge in [-0.2, -0.15) is 0 Å². The van der Waals surface area contributed by atoms with Crippen LogP contribution in [0.25, 0.3) is 0 Å². The van der Waals surface area contributed by atoms with E-state index in [9.17, 15) is 4.79 Å². The molecular weight excluding hydrogens is 204 g/mol. The molecule has 1 fully saturated rings. The first-order valence-corrected chi connectivity index (χ1v) is 6.05. The SMILES string of the molecule is COCCCC(=O)N1C[C@H](C)N(C)[C@@H](C)C1. The first-order chi connectivity index (χ1) is 7.56. The van der Waals surface area contributed by atoms with Crippen molar-refractivity contribution in [2.75, 3.05) is 33.9 Å². The van der Waals surface area contributed by atoms with Gasteiger partial charge in [0.2, 0.25) is 5.91 Å². The predicted molar refractivity (Wildman–Crippen MR) is 64.4 cm³/mol. The molecule has 2 atom stereocenters. The van der Waals surface area contributed by atoms with Crippen LogP contribution >= 0.6 is 0 Å². The monoisotopic (exact) mass is 228 g/mol. The maximum Gasteiger partial charge on any atom is 0.222 e. The van der Waals surface area contributed by atoms with Crippen molar-refractivity contribution in [3.63, 3.8) is 0 Å². The maximum absolute atomic E-state index is 11.9. The van der Waals surface area contributed by atoms with Crippen molar-refractivity contribution in [1.29, 1.82) is 0 Å². The van der Waals surface area contributed by atoms with Gasteiger partial charge in [0.1, 0.15) is 0 Å². The lowest BCUT2D eigenvalue weighted by atomic mass is 10.1. The summed E-state index contributed by atoms with van der Waals surface area (Å²) in [6, 6.07) is 0.908. The van der Waals surface area contributed by atoms with Gasteiger partial charge in [-0.15, -0.1) is 0 Å². The van der Waals surface area contributed by atoms with Gasteiger partial charge in [-0.1, -0.05) is 0 Å². The first-order valence-electron chi connectivity index (χ1n) is 6.05. The van der Waals surface area contributed by atoms with E-state index < -0.39 is 0 Å². The summed E-state index contributed by atoms with van der Waals surface area (Å²) in [6.45, 7) is 6.72. The van der Waals surface area contributed by atoms with E-state index in [1.807, 2.05) is 4.90 Å². The number of hydrogen-bond acceptors (Lipinski definition) is 3. The van der Waals surface area contributed by atoms with Crippen LogP contribution in [0.5, 0.6) is 0 Å². The summed E-state index contributed by atoms with van der Waals surface area (Å²) in [7, 11) is 3.80. The molecule has 0 radical (unpaired) electrons. The Kier molecular flexibility index (Phi) is 5.22. The fourth-order valence-electron chi connectivity index (χ4n) is 2.13. The lowest BCUT2D eigenvalue weighted by Crippen LogP contribution is -2.56. The van der Waals surface area contributed by atoms with E-state index in [-0.39, 0.29) is 5.91 Å². The van der Waals surface area contributed by atoms with Crippen molar-refractivity contribution in [2.24, 2.45) is 0 Å².